The van der Waals surface area contributed by atoms with Gasteiger partial charge in [-0.25, -0.2) is 4.98 Å². The van der Waals surface area contributed by atoms with Gasteiger partial charge < -0.3 is 4.90 Å². The van der Waals surface area contributed by atoms with Gasteiger partial charge in [-0.15, -0.1) is 0 Å². The van der Waals surface area contributed by atoms with E-state index in [1.54, 1.807) is 19.0 Å². The molecule has 0 unspecified atom stereocenters. The Bertz CT molecular complexity index is 312. The van der Waals surface area contributed by atoms with Crippen molar-refractivity contribution in [1.82, 2.24) is 4.98 Å². The zero-order valence-electron chi connectivity index (χ0n) is 6.91. The van der Waals surface area contributed by atoms with Crippen LogP contribution in [-0.4, -0.2) is 19.1 Å². The predicted molar refractivity (Wildman–Crippen MR) is 58.6 cm³/mol. The Morgan fingerprint density at radius 1 is 0.923 bits per heavy atom. The minimum Gasteiger partial charge on any atom is -0.375 e. The first kappa shape index (κ1) is 11.2. The molecule has 0 aliphatic rings. The first-order valence-corrected chi connectivity index (χ1v) is 4.83. The maximum atomic E-state index is 5.89. The highest BCUT2D eigenvalue weighted by atomic mass is 35.5. The van der Waals surface area contributed by atoms with E-state index in [2.05, 4.69) is 4.98 Å². The second kappa shape index (κ2) is 4.09. The molecule has 0 amide bonds. The van der Waals surface area contributed by atoms with Crippen LogP contribution >= 0.6 is 46.4 Å². The van der Waals surface area contributed by atoms with E-state index in [0.717, 1.165) is 0 Å². The molecule has 0 spiro atoms. The van der Waals surface area contributed by atoms with Crippen molar-refractivity contribution in [2.75, 3.05) is 19.0 Å². The van der Waals surface area contributed by atoms with E-state index in [4.69, 9.17) is 46.4 Å². The van der Waals surface area contributed by atoms with Gasteiger partial charge in [-0.05, 0) is 0 Å². The molecule has 0 aliphatic heterocycles. The van der Waals surface area contributed by atoms with Crippen LogP contribution in [0.3, 0.4) is 0 Å². The molecule has 0 atom stereocenters. The number of hydrogen-bond donors (Lipinski definition) is 0. The maximum Gasteiger partial charge on any atom is 0.151 e. The lowest BCUT2D eigenvalue weighted by Gasteiger charge is -2.17. The molecule has 6 heteroatoms. The highest BCUT2D eigenvalue weighted by Gasteiger charge is 2.16. The summed E-state index contributed by atoms with van der Waals surface area (Å²) in [6, 6.07) is 0. The van der Waals surface area contributed by atoms with Crippen LogP contribution in [0.25, 0.3) is 0 Å². The third-order valence-electron chi connectivity index (χ3n) is 1.42. The predicted octanol–water partition coefficient (Wildman–Crippen LogP) is 3.76. The number of hydrogen-bond acceptors (Lipinski definition) is 2. The van der Waals surface area contributed by atoms with Crippen LogP contribution in [0.4, 0.5) is 5.69 Å². The number of anilines is 1. The molecule has 0 fully saturated rings. The van der Waals surface area contributed by atoms with Gasteiger partial charge in [-0.1, -0.05) is 46.4 Å². The number of halogens is 4. The summed E-state index contributed by atoms with van der Waals surface area (Å²) in [5.41, 5.74) is 0.577. The minimum atomic E-state index is 0.153. The Labute approximate surface area is 96.4 Å². The summed E-state index contributed by atoms with van der Waals surface area (Å²) < 4.78 is 0. The SMILES string of the molecule is CN(C)c1c(Cl)c(Cl)nc(Cl)c1Cl. The average Bonchev–Trinajstić information content (AvgIpc) is 2.01. The normalized spacial score (nSPS) is 10.3. The van der Waals surface area contributed by atoms with Gasteiger partial charge in [0.2, 0.25) is 0 Å². The lowest BCUT2D eigenvalue weighted by Crippen LogP contribution is -2.10. The van der Waals surface area contributed by atoms with Gasteiger partial charge in [-0.2, -0.15) is 0 Å². The van der Waals surface area contributed by atoms with E-state index in [1.165, 1.54) is 0 Å². The molecule has 2 nitrogen and oxygen atoms in total. The Kier molecular flexibility index (Phi) is 3.52. The molecule has 72 valence electrons. The molecular weight excluding hydrogens is 254 g/mol. The largest absolute Gasteiger partial charge is 0.375 e. The van der Waals surface area contributed by atoms with Crippen molar-refractivity contribution in [1.29, 1.82) is 0 Å². The second-order valence-electron chi connectivity index (χ2n) is 2.56. The van der Waals surface area contributed by atoms with Crippen molar-refractivity contribution in [3.8, 4) is 0 Å². The lowest BCUT2D eigenvalue weighted by atomic mass is 10.4. The molecule has 13 heavy (non-hydrogen) atoms. The van der Waals surface area contributed by atoms with E-state index in [9.17, 15) is 0 Å². The fourth-order valence-corrected chi connectivity index (χ4v) is 1.92. The van der Waals surface area contributed by atoms with Gasteiger partial charge in [0.15, 0.2) is 10.3 Å². The Morgan fingerprint density at radius 3 is 1.62 bits per heavy atom. The highest BCUT2D eigenvalue weighted by Crippen LogP contribution is 2.39. The Morgan fingerprint density at radius 2 is 1.31 bits per heavy atom. The maximum absolute atomic E-state index is 5.89. The first-order chi connectivity index (χ1) is 5.95. The zero-order chi connectivity index (χ0) is 10.2. The molecule has 1 rings (SSSR count). The molecule has 0 bridgehead atoms. The summed E-state index contributed by atoms with van der Waals surface area (Å²) in [7, 11) is 3.58. The van der Waals surface area contributed by atoms with Gasteiger partial charge in [0.1, 0.15) is 10.0 Å². The van der Waals surface area contributed by atoms with Crippen molar-refractivity contribution >= 4 is 52.1 Å². The van der Waals surface area contributed by atoms with Gasteiger partial charge in [0.25, 0.3) is 0 Å². The quantitative estimate of drug-likeness (QED) is 0.714. The smallest absolute Gasteiger partial charge is 0.151 e. The van der Waals surface area contributed by atoms with Crippen molar-refractivity contribution in [2.45, 2.75) is 0 Å². The molecule has 1 heterocycles. The third kappa shape index (κ3) is 2.13. The summed E-state index contributed by atoms with van der Waals surface area (Å²) in [5.74, 6) is 0. The van der Waals surface area contributed by atoms with Crippen LogP contribution < -0.4 is 4.90 Å². The second-order valence-corrected chi connectivity index (χ2v) is 4.04. The van der Waals surface area contributed by atoms with Gasteiger partial charge in [0, 0.05) is 14.1 Å². The lowest BCUT2D eigenvalue weighted by molar-refractivity contribution is 1.12. The molecule has 1 aromatic rings. The number of rotatable bonds is 1. The number of nitrogens with zero attached hydrogens (tertiary/aromatic N) is 2. The Balaban J connectivity index is 3.46. The fraction of sp³-hybridized carbons (Fsp3) is 0.286. The van der Waals surface area contributed by atoms with Crippen molar-refractivity contribution in [3.05, 3.63) is 20.4 Å². The van der Waals surface area contributed by atoms with Crippen molar-refractivity contribution in [2.24, 2.45) is 0 Å². The van der Waals surface area contributed by atoms with Crippen LogP contribution in [0.2, 0.25) is 20.4 Å². The molecule has 0 N–H and O–H groups in total. The Hall–Kier alpha value is 0.110. The average molecular weight is 260 g/mol. The number of pyridine rings is 1. The van der Waals surface area contributed by atoms with Gasteiger partial charge >= 0.3 is 0 Å². The molecule has 0 radical (unpaired) electrons. The van der Waals surface area contributed by atoms with Crippen LogP contribution in [0.5, 0.6) is 0 Å². The molecule has 0 aromatic carbocycles. The minimum absolute atomic E-state index is 0.153. The van der Waals surface area contributed by atoms with E-state index in [-0.39, 0.29) is 10.3 Å². The summed E-state index contributed by atoms with van der Waals surface area (Å²) >= 11 is 23.2. The molecule has 0 saturated heterocycles. The van der Waals surface area contributed by atoms with Crippen LogP contribution in [-0.2, 0) is 0 Å². The third-order valence-corrected chi connectivity index (χ3v) is 2.88. The molecule has 0 aliphatic carbocycles. The fourth-order valence-electron chi connectivity index (χ4n) is 0.869. The van der Waals surface area contributed by atoms with E-state index >= 15 is 0 Å². The number of aromatic nitrogens is 1. The van der Waals surface area contributed by atoms with E-state index in [1.807, 2.05) is 0 Å². The summed E-state index contributed by atoms with van der Waals surface area (Å²) in [6.45, 7) is 0. The standard InChI is InChI=1S/C7H6Cl4N2/c1-13(2)5-3(8)6(10)12-7(11)4(5)9/h1-2H3. The first-order valence-electron chi connectivity index (χ1n) is 3.32. The van der Waals surface area contributed by atoms with Gasteiger partial charge in [0.05, 0.1) is 5.69 Å². The molecular formula is C7H6Cl4N2. The molecule has 1 aromatic heterocycles. The highest BCUT2D eigenvalue weighted by molar-refractivity contribution is 6.48. The van der Waals surface area contributed by atoms with Crippen LogP contribution in [0.15, 0.2) is 0 Å². The van der Waals surface area contributed by atoms with E-state index in [0.29, 0.717) is 15.7 Å². The topological polar surface area (TPSA) is 16.1 Å². The summed E-state index contributed by atoms with van der Waals surface area (Å²) in [5, 5.41) is 0.918. The van der Waals surface area contributed by atoms with Crippen molar-refractivity contribution < 1.29 is 0 Å². The van der Waals surface area contributed by atoms with Crippen molar-refractivity contribution in [3.63, 3.8) is 0 Å². The van der Waals surface area contributed by atoms with Crippen LogP contribution in [0, 0.1) is 0 Å². The summed E-state index contributed by atoms with van der Waals surface area (Å²) in [4.78, 5) is 5.48. The zero-order valence-corrected chi connectivity index (χ0v) is 9.93. The van der Waals surface area contributed by atoms with Gasteiger partial charge in [-0.3, -0.25) is 0 Å². The molecule has 0 saturated carbocycles. The summed E-state index contributed by atoms with van der Waals surface area (Å²) in [6.07, 6.45) is 0. The van der Waals surface area contributed by atoms with Crippen LogP contribution in [0.1, 0.15) is 0 Å². The van der Waals surface area contributed by atoms with E-state index < -0.39 is 0 Å². The monoisotopic (exact) mass is 258 g/mol.